The normalized spacial score (nSPS) is 63.4. The lowest BCUT2D eigenvalue weighted by molar-refractivity contribution is -0.0774. The molecule has 3 aliphatic carbocycles. The minimum Gasteiger partial charge on any atom is -0.347 e. The number of rotatable bonds is 0. The first kappa shape index (κ1) is 9.86. The molecule has 1 heterocycles. The van der Waals surface area contributed by atoms with Gasteiger partial charge in [0, 0.05) is 6.04 Å². The first-order valence-corrected chi connectivity index (χ1v) is 6.75. The molecule has 3 heteroatoms. The van der Waals surface area contributed by atoms with Gasteiger partial charge in [-0.1, -0.05) is 0 Å². The number of nitrogens with two attached hydrogens (primary N) is 1. The molecule has 2 N–H and O–H groups in total. The predicted molar refractivity (Wildman–Crippen MR) is 59.7 cm³/mol. The molecule has 0 aromatic heterocycles. The lowest BCUT2D eigenvalue weighted by Crippen LogP contribution is -2.45. The minimum atomic E-state index is 0.00200. The van der Waals surface area contributed by atoms with E-state index in [1.54, 1.807) is 0 Å². The zero-order valence-corrected chi connectivity index (χ0v) is 9.89. The van der Waals surface area contributed by atoms with Crippen LogP contribution in [0.1, 0.15) is 39.0 Å². The summed E-state index contributed by atoms with van der Waals surface area (Å²) in [4.78, 5) is 0. The van der Waals surface area contributed by atoms with Gasteiger partial charge in [-0.15, -0.1) is 0 Å². The standard InChI is InChI=1S/C13H21NO2/c1-7-15-10-5-13(6-11(10)16-7)9-3-2-8(4-9)12(13)14/h7-12H,2-6,14H2,1H3/t7-,8-,9+,10?,11-,12-,13+/m0/s1. The maximum atomic E-state index is 6.49. The van der Waals surface area contributed by atoms with E-state index in [0.29, 0.717) is 23.7 Å². The highest BCUT2D eigenvalue weighted by Crippen LogP contribution is 2.63. The van der Waals surface area contributed by atoms with Crippen molar-refractivity contribution in [2.75, 3.05) is 0 Å². The topological polar surface area (TPSA) is 44.5 Å². The van der Waals surface area contributed by atoms with Crippen LogP contribution in [0.4, 0.5) is 0 Å². The Bertz CT molecular complexity index is 301. The quantitative estimate of drug-likeness (QED) is 0.679. The van der Waals surface area contributed by atoms with Crippen LogP contribution >= 0.6 is 0 Å². The molecule has 1 aliphatic heterocycles. The fourth-order valence-electron chi connectivity index (χ4n) is 5.10. The van der Waals surface area contributed by atoms with Crippen molar-refractivity contribution in [2.24, 2.45) is 23.0 Å². The molecule has 3 saturated carbocycles. The van der Waals surface area contributed by atoms with E-state index < -0.39 is 0 Å². The summed E-state index contributed by atoms with van der Waals surface area (Å²) >= 11 is 0. The van der Waals surface area contributed by atoms with E-state index in [1.807, 2.05) is 6.92 Å². The third-order valence-electron chi connectivity index (χ3n) is 5.77. The van der Waals surface area contributed by atoms with Crippen LogP contribution in [0.5, 0.6) is 0 Å². The molecule has 4 aliphatic rings. The van der Waals surface area contributed by atoms with Gasteiger partial charge < -0.3 is 15.2 Å². The number of fused-ring (bicyclic) bond motifs is 4. The maximum absolute atomic E-state index is 6.49. The Labute approximate surface area is 96.7 Å². The molecular formula is C13H21NO2. The van der Waals surface area contributed by atoms with E-state index in [2.05, 4.69) is 0 Å². The SMILES string of the molecule is C[C@H]1OC2C[C@@]3(C[C@@H]2O1)[C@@H]1CC[C@@H](C1)[C@@H]3N. The van der Waals surface area contributed by atoms with E-state index >= 15 is 0 Å². The highest BCUT2D eigenvalue weighted by atomic mass is 16.7. The first-order chi connectivity index (χ1) is 7.69. The second kappa shape index (κ2) is 3.01. The highest BCUT2D eigenvalue weighted by molar-refractivity contribution is 5.14. The van der Waals surface area contributed by atoms with Crippen molar-refractivity contribution in [3.05, 3.63) is 0 Å². The van der Waals surface area contributed by atoms with E-state index in [4.69, 9.17) is 15.2 Å². The second-order valence-corrected chi connectivity index (χ2v) is 6.35. The summed E-state index contributed by atoms with van der Waals surface area (Å²) in [7, 11) is 0. The van der Waals surface area contributed by atoms with Crippen LogP contribution in [0.2, 0.25) is 0 Å². The highest BCUT2D eigenvalue weighted by Gasteiger charge is 2.63. The Kier molecular flexibility index (Phi) is 1.85. The van der Waals surface area contributed by atoms with Gasteiger partial charge in [-0.3, -0.25) is 0 Å². The van der Waals surface area contributed by atoms with Gasteiger partial charge in [0.25, 0.3) is 0 Å². The molecule has 1 spiro atoms. The molecule has 7 atom stereocenters. The molecule has 2 bridgehead atoms. The largest absolute Gasteiger partial charge is 0.347 e. The smallest absolute Gasteiger partial charge is 0.155 e. The Morgan fingerprint density at radius 3 is 2.38 bits per heavy atom. The van der Waals surface area contributed by atoms with E-state index in [-0.39, 0.29) is 6.29 Å². The third-order valence-corrected chi connectivity index (χ3v) is 5.77. The van der Waals surface area contributed by atoms with Gasteiger partial charge in [-0.2, -0.15) is 0 Å². The molecule has 0 amide bonds. The zero-order valence-electron chi connectivity index (χ0n) is 9.89. The monoisotopic (exact) mass is 223 g/mol. The average molecular weight is 223 g/mol. The summed E-state index contributed by atoms with van der Waals surface area (Å²) < 4.78 is 11.7. The molecule has 1 saturated heterocycles. The molecule has 0 aromatic rings. The van der Waals surface area contributed by atoms with Crippen LogP contribution in [-0.2, 0) is 9.47 Å². The fraction of sp³-hybridized carbons (Fsp3) is 1.00. The summed E-state index contributed by atoms with van der Waals surface area (Å²) in [6, 6.07) is 0.416. The van der Waals surface area contributed by atoms with Gasteiger partial charge in [0.2, 0.25) is 0 Å². The van der Waals surface area contributed by atoms with Crippen molar-refractivity contribution in [2.45, 2.75) is 63.6 Å². The Balaban J connectivity index is 1.62. The van der Waals surface area contributed by atoms with Crippen LogP contribution in [0.15, 0.2) is 0 Å². The van der Waals surface area contributed by atoms with Crippen molar-refractivity contribution in [1.82, 2.24) is 0 Å². The number of hydrogen-bond donors (Lipinski definition) is 1. The number of ether oxygens (including phenoxy) is 2. The molecule has 4 fully saturated rings. The summed E-state index contributed by atoms with van der Waals surface area (Å²) in [5.74, 6) is 1.65. The predicted octanol–water partition coefficient (Wildman–Crippen LogP) is 1.65. The molecule has 4 rings (SSSR count). The zero-order chi connectivity index (χ0) is 10.9. The summed E-state index contributed by atoms with van der Waals surface area (Å²) in [6.07, 6.45) is 7.11. The lowest BCUT2D eigenvalue weighted by atomic mass is 9.68. The minimum absolute atomic E-state index is 0.00200. The third kappa shape index (κ3) is 1.05. The summed E-state index contributed by atoms with van der Waals surface area (Å²) in [5.41, 5.74) is 6.86. The van der Waals surface area contributed by atoms with Gasteiger partial charge >= 0.3 is 0 Å². The van der Waals surface area contributed by atoms with Gasteiger partial charge in [-0.05, 0) is 56.3 Å². The second-order valence-electron chi connectivity index (χ2n) is 6.35. The van der Waals surface area contributed by atoms with Crippen molar-refractivity contribution in [1.29, 1.82) is 0 Å². The average Bonchev–Trinajstić information content (AvgIpc) is 2.89. The van der Waals surface area contributed by atoms with Crippen LogP contribution in [0.25, 0.3) is 0 Å². The maximum Gasteiger partial charge on any atom is 0.155 e. The molecule has 0 aromatic carbocycles. The van der Waals surface area contributed by atoms with Crippen LogP contribution in [-0.4, -0.2) is 24.5 Å². The van der Waals surface area contributed by atoms with Crippen LogP contribution < -0.4 is 5.73 Å². The van der Waals surface area contributed by atoms with Crippen LogP contribution in [0.3, 0.4) is 0 Å². The molecule has 3 nitrogen and oxygen atoms in total. The van der Waals surface area contributed by atoms with Crippen molar-refractivity contribution >= 4 is 0 Å². The molecule has 0 radical (unpaired) electrons. The van der Waals surface area contributed by atoms with Crippen molar-refractivity contribution < 1.29 is 9.47 Å². The Morgan fingerprint density at radius 2 is 1.81 bits per heavy atom. The lowest BCUT2D eigenvalue weighted by Gasteiger charge is -2.39. The van der Waals surface area contributed by atoms with Gasteiger partial charge in [0.05, 0.1) is 12.2 Å². The van der Waals surface area contributed by atoms with Gasteiger partial charge in [0.1, 0.15) is 0 Å². The van der Waals surface area contributed by atoms with Crippen molar-refractivity contribution in [3.63, 3.8) is 0 Å². The van der Waals surface area contributed by atoms with E-state index in [1.165, 1.54) is 19.3 Å². The fourth-order valence-corrected chi connectivity index (χ4v) is 5.10. The molecule has 1 unspecified atom stereocenters. The van der Waals surface area contributed by atoms with Gasteiger partial charge in [-0.25, -0.2) is 0 Å². The molecular weight excluding hydrogens is 202 g/mol. The van der Waals surface area contributed by atoms with Crippen molar-refractivity contribution in [3.8, 4) is 0 Å². The summed E-state index contributed by atoms with van der Waals surface area (Å²) in [5, 5.41) is 0. The molecule has 16 heavy (non-hydrogen) atoms. The Morgan fingerprint density at radius 1 is 1.12 bits per heavy atom. The molecule has 90 valence electrons. The van der Waals surface area contributed by atoms with Gasteiger partial charge in [0.15, 0.2) is 6.29 Å². The van der Waals surface area contributed by atoms with E-state index in [9.17, 15) is 0 Å². The van der Waals surface area contributed by atoms with E-state index in [0.717, 1.165) is 24.7 Å². The first-order valence-electron chi connectivity index (χ1n) is 6.75. The number of hydrogen-bond acceptors (Lipinski definition) is 3. The summed E-state index contributed by atoms with van der Waals surface area (Å²) in [6.45, 7) is 2.01. The van der Waals surface area contributed by atoms with Crippen LogP contribution in [0, 0.1) is 17.3 Å². The Hall–Kier alpha value is -0.120.